The van der Waals surface area contributed by atoms with E-state index >= 15 is 0 Å². The third-order valence-corrected chi connectivity index (χ3v) is 9.38. The Morgan fingerprint density at radius 1 is 0.782 bits per heavy atom. The molecule has 6 rings (SSSR count). The fourth-order valence-corrected chi connectivity index (χ4v) is 6.61. The predicted molar refractivity (Wildman–Crippen MR) is 199 cm³/mol. The first-order chi connectivity index (χ1) is 26.9. The average molecular weight is 759 g/mol. The molecule has 4 aromatic carbocycles. The minimum absolute atomic E-state index is 0.0160. The van der Waals surface area contributed by atoms with Crippen molar-refractivity contribution in [3.8, 4) is 0 Å². The molecule has 0 radical (unpaired) electrons. The minimum Gasteiger partial charge on any atom is -0.454 e. The monoisotopic (exact) mass is 758 g/mol. The van der Waals surface area contributed by atoms with Crippen LogP contribution >= 0.6 is 0 Å². The number of aliphatic hydroxyl groups is 1. The summed E-state index contributed by atoms with van der Waals surface area (Å²) in [5.41, 5.74) is 3.56. The fourth-order valence-electron chi connectivity index (χ4n) is 6.61. The summed E-state index contributed by atoms with van der Waals surface area (Å²) in [6.07, 6.45) is -9.76. The van der Waals surface area contributed by atoms with Gasteiger partial charge in [0.15, 0.2) is 18.7 Å². The molecule has 0 aliphatic carbocycles. The van der Waals surface area contributed by atoms with Crippen LogP contribution in [0.15, 0.2) is 121 Å². The number of benzene rings is 4. The molecule has 12 nitrogen and oxygen atoms in total. The Morgan fingerprint density at radius 2 is 1.36 bits per heavy atom. The molecule has 6 unspecified atom stereocenters. The van der Waals surface area contributed by atoms with Crippen LogP contribution in [0.2, 0.25) is 0 Å². The molecule has 2 saturated heterocycles. The lowest BCUT2D eigenvalue weighted by Crippen LogP contribution is -2.63. The SMILES string of the molecule is COOC1COC(c2ccccc2)O[C@H]1C(O[C@H]1OC(COCc2ccccc2)[C@@H](O)C(OCc2ccccc2)C1OC(C)=O)[C@@H](C)OCc1ccccc1. The third kappa shape index (κ3) is 11.5. The maximum Gasteiger partial charge on any atom is 0.303 e. The molecule has 2 fully saturated rings. The summed E-state index contributed by atoms with van der Waals surface area (Å²) >= 11 is 0. The van der Waals surface area contributed by atoms with Gasteiger partial charge in [-0.2, -0.15) is 0 Å². The highest BCUT2D eigenvalue weighted by atomic mass is 17.2. The summed E-state index contributed by atoms with van der Waals surface area (Å²) in [5, 5.41) is 11.8. The molecule has 0 aromatic heterocycles. The molecule has 1 N–H and O–H groups in total. The Kier molecular flexibility index (Phi) is 15.3. The van der Waals surface area contributed by atoms with Gasteiger partial charge < -0.3 is 43.0 Å². The Hall–Kier alpha value is -4.05. The molecule has 12 heteroatoms. The quantitative estimate of drug-likeness (QED) is 0.0742. The Bertz CT molecular complexity index is 1680. The van der Waals surface area contributed by atoms with E-state index in [9.17, 15) is 9.90 Å². The first kappa shape index (κ1) is 40.6. The number of carbonyl (C=O) groups is 1. The molecule has 0 amide bonds. The predicted octanol–water partition coefficient (Wildman–Crippen LogP) is 5.86. The van der Waals surface area contributed by atoms with Gasteiger partial charge in [0.1, 0.15) is 36.6 Å². The van der Waals surface area contributed by atoms with E-state index in [1.165, 1.54) is 14.0 Å². The van der Waals surface area contributed by atoms with E-state index in [0.29, 0.717) is 0 Å². The van der Waals surface area contributed by atoms with Gasteiger partial charge in [-0.1, -0.05) is 121 Å². The average Bonchev–Trinajstić information content (AvgIpc) is 3.22. The van der Waals surface area contributed by atoms with Crippen LogP contribution < -0.4 is 0 Å². The lowest BCUT2D eigenvalue weighted by molar-refractivity contribution is -0.394. The van der Waals surface area contributed by atoms with E-state index in [0.717, 1.165) is 22.3 Å². The van der Waals surface area contributed by atoms with Crippen LogP contribution in [0.4, 0.5) is 0 Å². The van der Waals surface area contributed by atoms with Gasteiger partial charge in [0.25, 0.3) is 0 Å². The molecule has 0 bridgehead atoms. The van der Waals surface area contributed by atoms with Crippen LogP contribution in [0, 0.1) is 0 Å². The highest BCUT2D eigenvalue weighted by Gasteiger charge is 2.52. The van der Waals surface area contributed by atoms with Gasteiger partial charge in [-0.05, 0) is 23.6 Å². The summed E-state index contributed by atoms with van der Waals surface area (Å²) in [4.78, 5) is 23.6. The van der Waals surface area contributed by atoms with Crippen molar-refractivity contribution in [3.05, 3.63) is 144 Å². The molecule has 0 saturated carbocycles. The normalized spacial score (nSPS) is 26.5. The van der Waals surface area contributed by atoms with Gasteiger partial charge in [-0.15, -0.1) is 0 Å². The third-order valence-electron chi connectivity index (χ3n) is 9.38. The van der Waals surface area contributed by atoms with Gasteiger partial charge in [0.2, 0.25) is 0 Å². The van der Waals surface area contributed by atoms with Crippen LogP contribution in [0.5, 0.6) is 0 Å². The number of esters is 1. The molecule has 55 heavy (non-hydrogen) atoms. The molecule has 10 atom stereocenters. The smallest absolute Gasteiger partial charge is 0.303 e. The zero-order valence-electron chi connectivity index (χ0n) is 31.3. The Morgan fingerprint density at radius 3 is 1.96 bits per heavy atom. The second-order valence-electron chi connectivity index (χ2n) is 13.4. The zero-order valence-corrected chi connectivity index (χ0v) is 31.3. The van der Waals surface area contributed by atoms with E-state index in [4.69, 9.17) is 47.7 Å². The van der Waals surface area contributed by atoms with Crippen molar-refractivity contribution in [3.63, 3.8) is 0 Å². The van der Waals surface area contributed by atoms with Crippen LogP contribution in [-0.4, -0.2) is 86.5 Å². The standard InChI is InChI=1S/C43H50O12/c1-29(48-25-32-18-10-5-11-19-32)38(39-36(55-46-3)28-50-42(54-39)34-22-14-7-15-23-34)53-43-41(51-30(2)44)40(49-26-33-20-12-6-13-21-33)37(45)35(52-43)27-47-24-31-16-8-4-9-17-31/h4-23,29,35-43,45H,24-28H2,1-3H3/t29-,35?,36?,37-,38?,39-,40?,41?,42?,43-/m1/s1. The molecule has 0 spiro atoms. The van der Waals surface area contributed by atoms with Crippen molar-refractivity contribution >= 4 is 5.97 Å². The van der Waals surface area contributed by atoms with Crippen molar-refractivity contribution in [1.29, 1.82) is 0 Å². The second-order valence-corrected chi connectivity index (χ2v) is 13.4. The minimum atomic E-state index is -1.28. The number of carbonyl (C=O) groups excluding carboxylic acids is 1. The topological polar surface area (TPSA) is 130 Å². The van der Waals surface area contributed by atoms with Crippen molar-refractivity contribution in [2.24, 2.45) is 0 Å². The molecular weight excluding hydrogens is 708 g/mol. The van der Waals surface area contributed by atoms with E-state index in [1.54, 1.807) is 0 Å². The van der Waals surface area contributed by atoms with Gasteiger partial charge >= 0.3 is 5.97 Å². The van der Waals surface area contributed by atoms with Crippen molar-refractivity contribution in [1.82, 2.24) is 0 Å². The van der Waals surface area contributed by atoms with Crippen molar-refractivity contribution in [2.45, 2.75) is 95.1 Å². The molecule has 2 heterocycles. The van der Waals surface area contributed by atoms with Crippen molar-refractivity contribution < 1.29 is 57.6 Å². The number of hydrogen-bond donors (Lipinski definition) is 1. The van der Waals surface area contributed by atoms with Gasteiger partial charge in [-0.25, -0.2) is 9.78 Å². The van der Waals surface area contributed by atoms with Crippen LogP contribution in [0.1, 0.15) is 42.4 Å². The first-order valence-corrected chi connectivity index (χ1v) is 18.5. The highest BCUT2D eigenvalue weighted by Crippen LogP contribution is 2.35. The highest BCUT2D eigenvalue weighted by molar-refractivity contribution is 5.66. The lowest BCUT2D eigenvalue weighted by Gasteiger charge is -2.47. The molecule has 4 aromatic rings. The van der Waals surface area contributed by atoms with Crippen LogP contribution in [-0.2, 0) is 72.3 Å². The van der Waals surface area contributed by atoms with E-state index < -0.39 is 67.4 Å². The summed E-state index contributed by atoms with van der Waals surface area (Å²) in [7, 11) is 1.41. The van der Waals surface area contributed by atoms with E-state index in [2.05, 4.69) is 0 Å². The largest absolute Gasteiger partial charge is 0.454 e. The summed E-state index contributed by atoms with van der Waals surface area (Å²) in [6, 6.07) is 38.4. The lowest BCUT2D eigenvalue weighted by atomic mass is 9.97. The van der Waals surface area contributed by atoms with E-state index in [1.807, 2.05) is 128 Å². The fraction of sp³-hybridized carbons (Fsp3) is 0.419. The number of aliphatic hydroxyl groups excluding tert-OH is 1. The molecule has 2 aliphatic heterocycles. The van der Waals surface area contributed by atoms with Gasteiger partial charge in [0, 0.05) is 12.5 Å². The maximum absolute atomic E-state index is 12.7. The summed E-state index contributed by atoms with van der Waals surface area (Å²) < 4.78 is 50.9. The maximum atomic E-state index is 12.7. The zero-order chi connectivity index (χ0) is 38.4. The Labute approximate surface area is 322 Å². The Balaban J connectivity index is 1.32. The van der Waals surface area contributed by atoms with Gasteiger partial charge in [0.05, 0.1) is 46.2 Å². The second kappa shape index (κ2) is 20.7. The van der Waals surface area contributed by atoms with Crippen LogP contribution in [0.25, 0.3) is 0 Å². The first-order valence-electron chi connectivity index (χ1n) is 18.5. The van der Waals surface area contributed by atoms with Crippen molar-refractivity contribution in [2.75, 3.05) is 20.3 Å². The molecule has 294 valence electrons. The van der Waals surface area contributed by atoms with E-state index in [-0.39, 0.29) is 33.0 Å². The van der Waals surface area contributed by atoms with Crippen LogP contribution in [0.3, 0.4) is 0 Å². The summed E-state index contributed by atoms with van der Waals surface area (Å²) in [5.74, 6) is -0.613. The molecule has 2 aliphatic rings. The van der Waals surface area contributed by atoms with Gasteiger partial charge in [-0.3, -0.25) is 4.79 Å². The number of ether oxygens (including phenoxy) is 8. The summed E-state index contributed by atoms with van der Waals surface area (Å²) in [6.45, 7) is 3.88. The molecular formula is C43H50O12. The number of rotatable bonds is 18. The number of hydrogen-bond acceptors (Lipinski definition) is 12.